The standard InChI is InChI=1S/C22H27NO4/c1-4-8-15(3)23(13-5-2)16-11-12-19(20(24)14-16)21(25)17-9-6-7-10-18(17)22(26)27/h6-7,9-12,14-15,24H,4-5,8,13H2,1-3H3,(H,26,27). The van der Waals surface area contributed by atoms with Gasteiger partial charge in [0.1, 0.15) is 5.75 Å². The third-order valence-electron chi connectivity index (χ3n) is 4.66. The molecule has 0 saturated heterocycles. The highest BCUT2D eigenvalue weighted by atomic mass is 16.4. The fraction of sp³-hybridized carbons (Fsp3) is 0.364. The number of carboxylic acid groups (broad SMARTS) is 1. The van der Waals surface area contributed by atoms with Crippen molar-refractivity contribution in [1.29, 1.82) is 0 Å². The van der Waals surface area contributed by atoms with Crippen LogP contribution in [0.3, 0.4) is 0 Å². The summed E-state index contributed by atoms with van der Waals surface area (Å²) in [5.41, 5.74) is 0.957. The maximum absolute atomic E-state index is 12.8. The molecule has 0 bridgehead atoms. The quantitative estimate of drug-likeness (QED) is 0.625. The van der Waals surface area contributed by atoms with Crippen LogP contribution >= 0.6 is 0 Å². The summed E-state index contributed by atoms with van der Waals surface area (Å²) in [6, 6.07) is 11.3. The number of anilines is 1. The third-order valence-corrected chi connectivity index (χ3v) is 4.66. The summed E-state index contributed by atoms with van der Waals surface area (Å²) < 4.78 is 0. The minimum absolute atomic E-state index is 0.0674. The lowest BCUT2D eigenvalue weighted by molar-refractivity contribution is 0.0692. The second-order valence-electron chi connectivity index (χ2n) is 6.71. The maximum atomic E-state index is 12.8. The van der Waals surface area contributed by atoms with Gasteiger partial charge in [-0.2, -0.15) is 0 Å². The zero-order valence-corrected chi connectivity index (χ0v) is 16.1. The van der Waals surface area contributed by atoms with E-state index in [2.05, 4.69) is 25.7 Å². The van der Waals surface area contributed by atoms with E-state index >= 15 is 0 Å². The Hall–Kier alpha value is -2.82. The number of carboxylic acids is 1. The van der Waals surface area contributed by atoms with Gasteiger partial charge in [0.25, 0.3) is 0 Å². The third kappa shape index (κ3) is 4.67. The smallest absolute Gasteiger partial charge is 0.336 e. The van der Waals surface area contributed by atoms with Gasteiger partial charge in [0, 0.05) is 29.9 Å². The van der Waals surface area contributed by atoms with Gasteiger partial charge in [0.05, 0.1) is 11.1 Å². The molecule has 0 amide bonds. The van der Waals surface area contributed by atoms with E-state index < -0.39 is 11.8 Å². The van der Waals surface area contributed by atoms with Crippen LogP contribution in [-0.4, -0.2) is 34.6 Å². The summed E-state index contributed by atoms with van der Waals surface area (Å²) in [5.74, 6) is -1.80. The van der Waals surface area contributed by atoms with Crippen LogP contribution in [0.4, 0.5) is 5.69 Å². The molecule has 0 aromatic heterocycles. The molecule has 1 atom stereocenters. The zero-order chi connectivity index (χ0) is 20.0. The predicted molar refractivity (Wildman–Crippen MR) is 107 cm³/mol. The van der Waals surface area contributed by atoms with E-state index in [0.29, 0.717) is 6.04 Å². The first-order chi connectivity index (χ1) is 12.9. The number of benzene rings is 2. The Kier molecular flexibility index (Phi) is 6.99. The minimum atomic E-state index is -1.17. The summed E-state index contributed by atoms with van der Waals surface area (Å²) in [6.07, 6.45) is 3.07. The van der Waals surface area contributed by atoms with Crippen LogP contribution in [0.2, 0.25) is 0 Å². The zero-order valence-electron chi connectivity index (χ0n) is 16.1. The molecule has 2 aromatic rings. The Labute approximate surface area is 160 Å². The van der Waals surface area contributed by atoms with Gasteiger partial charge < -0.3 is 15.1 Å². The van der Waals surface area contributed by atoms with E-state index in [0.717, 1.165) is 31.5 Å². The summed E-state index contributed by atoms with van der Waals surface area (Å²) >= 11 is 0. The average Bonchev–Trinajstić information content (AvgIpc) is 2.65. The van der Waals surface area contributed by atoms with Gasteiger partial charge >= 0.3 is 5.97 Å². The monoisotopic (exact) mass is 369 g/mol. The Balaban J connectivity index is 2.39. The molecule has 5 nitrogen and oxygen atoms in total. The molecule has 0 heterocycles. The summed E-state index contributed by atoms with van der Waals surface area (Å²) in [6.45, 7) is 7.25. The van der Waals surface area contributed by atoms with Crippen LogP contribution in [0.5, 0.6) is 5.75 Å². The van der Waals surface area contributed by atoms with E-state index in [1.165, 1.54) is 12.1 Å². The van der Waals surface area contributed by atoms with Crippen molar-refractivity contribution in [3.8, 4) is 5.75 Å². The predicted octanol–water partition coefficient (Wildman–Crippen LogP) is 4.73. The van der Waals surface area contributed by atoms with Gasteiger partial charge in [-0.15, -0.1) is 0 Å². The van der Waals surface area contributed by atoms with E-state index in [1.54, 1.807) is 24.3 Å². The molecule has 0 fully saturated rings. The van der Waals surface area contributed by atoms with Crippen LogP contribution in [0.25, 0.3) is 0 Å². The van der Waals surface area contributed by atoms with E-state index in [9.17, 15) is 19.8 Å². The molecule has 0 aliphatic rings. The lowest BCUT2D eigenvalue weighted by Crippen LogP contribution is -2.33. The number of ketones is 1. The van der Waals surface area contributed by atoms with Crippen molar-refractivity contribution in [2.75, 3.05) is 11.4 Å². The molecule has 27 heavy (non-hydrogen) atoms. The number of phenolic OH excluding ortho intramolecular Hbond substituents is 1. The molecule has 0 radical (unpaired) electrons. The molecule has 2 aromatic carbocycles. The number of hydrogen-bond donors (Lipinski definition) is 2. The first kappa shape index (κ1) is 20.5. The molecule has 0 spiro atoms. The summed E-state index contributed by atoms with van der Waals surface area (Å²) in [7, 11) is 0. The second-order valence-corrected chi connectivity index (χ2v) is 6.71. The number of aromatic carboxylic acids is 1. The molecular formula is C22H27NO4. The van der Waals surface area contributed by atoms with Gasteiger partial charge in [-0.3, -0.25) is 4.79 Å². The van der Waals surface area contributed by atoms with E-state index in [-0.39, 0.29) is 22.4 Å². The molecular weight excluding hydrogens is 342 g/mol. The van der Waals surface area contributed by atoms with Gasteiger partial charge in [-0.25, -0.2) is 4.79 Å². The molecule has 1 unspecified atom stereocenters. The summed E-state index contributed by atoms with van der Waals surface area (Å²) in [5, 5.41) is 19.8. The van der Waals surface area contributed by atoms with Gasteiger partial charge in [0.15, 0.2) is 5.78 Å². The number of nitrogens with zero attached hydrogens (tertiary/aromatic N) is 1. The maximum Gasteiger partial charge on any atom is 0.336 e. The van der Waals surface area contributed by atoms with Gasteiger partial charge in [0.2, 0.25) is 0 Å². The van der Waals surface area contributed by atoms with Crippen molar-refractivity contribution in [1.82, 2.24) is 0 Å². The van der Waals surface area contributed by atoms with E-state index in [4.69, 9.17) is 0 Å². The number of carbonyl (C=O) groups is 2. The fourth-order valence-corrected chi connectivity index (χ4v) is 3.32. The SMILES string of the molecule is CCCC(C)N(CCC)c1ccc(C(=O)c2ccccc2C(=O)O)c(O)c1. The highest BCUT2D eigenvalue weighted by molar-refractivity contribution is 6.15. The van der Waals surface area contributed by atoms with Crippen molar-refractivity contribution in [2.45, 2.75) is 46.1 Å². The molecule has 5 heteroatoms. The first-order valence-electron chi connectivity index (χ1n) is 9.37. The van der Waals surface area contributed by atoms with Crippen LogP contribution in [0.15, 0.2) is 42.5 Å². The Morgan fingerprint density at radius 2 is 1.67 bits per heavy atom. The highest BCUT2D eigenvalue weighted by Crippen LogP contribution is 2.29. The highest BCUT2D eigenvalue weighted by Gasteiger charge is 2.21. The second kappa shape index (κ2) is 9.21. The molecule has 0 aliphatic heterocycles. The normalized spacial score (nSPS) is 11.8. The molecule has 2 rings (SSSR count). The molecule has 144 valence electrons. The first-order valence-corrected chi connectivity index (χ1v) is 9.37. The summed E-state index contributed by atoms with van der Waals surface area (Å²) in [4.78, 5) is 26.4. The number of rotatable bonds is 9. The van der Waals surface area contributed by atoms with Crippen molar-refractivity contribution in [2.24, 2.45) is 0 Å². The van der Waals surface area contributed by atoms with Gasteiger partial charge in [-0.05, 0) is 38.0 Å². The van der Waals surface area contributed by atoms with Crippen molar-refractivity contribution in [3.63, 3.8) is 0 Å². The van der Waals surface area contributed by atoms with Crippen molar-refractivity contribution in [3.05, 3.63) is 59.2 Å². The van der Waals surface area contributed by atoms with Crippen LogP contribution in [-0.2, 0) is 0 Å². The van der Waals surface area contributed by atoms with E-state index in [1.807, 2.05) is 6.07 Å². The Morgan fingerprint density at radius 3 is 2.22 bits per heavy atom. The molecule has 0 aliphatic carbocycles. The minimum Gasteiger partial charge on any atom is -0.507 e. The topological polar surface area (TPSA) is 77.8 Å². The molecule has 2 N–H and O–H groups in total. The number of phenols is 1. The lowest BCUT2D eigenvalue weighted by atomic mass is 9.97. The Bertz CT molecular complexity index is 816. The number of aromatic hydroxyl groups is 1. The van der Waals surface area contributed by atoms with Crippen LogP contribution < -0.4 is 4.90 Å². The Morgan fingerprint density at radius 1 is 1.00 bits per heavy atom. The average molecular weight is 369 g/mol. The largest absolute Gasteiger partial charge is 0.507 e. The number of carbonyl (C=O) groups excluding carboxylic acids is 1. The molecule has 0 saturated carbocycles. The van der Waals surface area contributed by atoms with Crippen molar-refractivity contribution < 1.29 is 19.8 Å². The lowest BCUT2D eigenvalue weighted by Gasteiger charge is -2.31. The van der Waals surface area contributed by atoms with Gasteiger partial charge in [-0.1, -0.05) is 38.5 Å². The fourth-order valence-electron chi connectivity index (χ4n) is 3.32. The van der Waals surface area contributed by atoms with Crippen molar-refractivity contribution >= 4 is 17.4 Å². The van der Waals surface area contributed by atoms with Crippen LogP contribution in [0.1, 0.15) is 66.3 Å². The number of hydrogen-bond acceptors (Lipinski definition) is 4. The van der Waals surface area contributed by atoms with Crippen LogP contribution in [0, 0.1) is 0 Å².